The van der Waals surface area contributed by atoms with E-state index in [9.17, 15) is 0 Å². The average Bonchev–Trinajstić information content (AvgIpc) is 2.47. The van der Waals surface area contributed by atoms with Crippen LogP contribution in [-0.2, 0) is 9.37 Å². The van der Waals surface area contributed by atoms with Gasteiger partial charge in [-0.3, -0.25) is 0 Å². The molecular weight excluding hydrogens is 272 g/mol. The molecule has 0 atom stereocenters. The summed E-state index contributed by atoms with van der Waals surface area (Å²) in [6.45, 7) is 2.27. The van der Waals surface area contributed by atoms with Crippen LogP contribution in [0.25, 0.3) is 0 Å². The lowest BCUT2D eigenvalue weighted by atomic mass is 10.0. The lowest BCUT2D eigenvalue weighted by molar-refractivity contribution is -0.432. The van der Waals surface area contributed by atoms with Gasteiger partial charge in [-0.15, -0.1) is 4.33 Å². The van der Waals surface area contributed by atoms with Crippen molar-refractivity contribution in [2.75, 3.05) is 5.75 Å². The maximum atomic E-state index is 7.94. The third kappa shape index (κ3) is 18.2. The topological polar surface area (TPSA) is 38.7 Å². The molecule has 20 heavy (non-hydrogen) atoms. The highest BCUT2D eigenvalue weighted by atomic mass is 32.2. The van der Waals surface area contributed by atoms with Gasteiger partial charge in [-0.1, -0.05) is 95.4 Å². The average molecular weight is 307 g/mol. The predicted molar refractivity (Wildman–Crippen MR) is 87.6 cm³/mol. The van der Waals surface area contributed by atoms with Gasteiger partial charge in [0.15, 0.2) is 0 Å². The molecular formula is C16H34O3S. The van der Waals surface area contributed by atoms with Gasteiger partial charge in [0.1, 0.15) is 0 Å². The first-order valence-corrected chi connectivity index (χ1v) is 9.42. The van der Waals surface area contributed by atoms with Crippen LogP contribution in [0.3, 0.4) is 0 Å². The summed E-state index contributed by atoms with van der Waals surface area (Å²) in [7, 11) is 0. The Hall–Kier alpha value is 0.230. The van der Waals surface area contributed by atoms with Crippen LogP contribution < -0.4 is 0 Å². The number of rotatable bonds is 17. The van der Waals surface area contributed by atoms with Crippen LogP contribution in [0.15, 0.2) is 0 Å². The summed E-state index contributed by atoms with van der Waals surface area (Å²) < 4.78 is 4.32. The smallest absolute Gasteiger partial charge is 0.0346 e. The zero-order chi connectivity index (χ0) is 14.7. The van der Waals surface area contributed by atoms with Gasteiger partial charge < -0.3 is 0 Å². The molecule has 0 aromatic rings. The number of hydrogen-bond donors (Lipinski definition) is 1. The van der Waals surface area contributed by atoms with Crippen LogP contribution in [-0.4, -0.2) is 11.0 Å². The molecule has 0 fully saturated rings. The lowest BCUT2D eigenvalue weighted by Crippen LogP contribution is -1.85. The van der Waals surface area contributed by atoms with Crippen LogP contribution in [0.1, 0.15) is 96.8 Å². The van der Waals surface area contributed by atoms with E-state index >= 15 is 0 Å². The van der Waals surface area contributed by atoms with Gasteiger partial charge in [0.25, 0.3) is 0 Å². The molecule has 0 aromatic heterocycles. The van der Waals surface area contributed by atoms with Crippen LogP contribution >= 0.6 is 12.0 Å². The van der Waals surface area contributed by atoms with E-state index in [0.717, 1.165) is 12.2 Å². The van der Waals surface area contributed by atoms with Crippen molar-refractivity contribution in [2.24, 2.45) is 0 Å². The summed E-state index contributed by atoms with van der Waals surface area (Å²) in [5.74, 6) is 0.887. The Morgan fingerprint density at radius 3 is 1.45 bits per heavy atom. The van der Waals surface area contributed by atoms with Crippen molar-refractivity contribution in [3.05, 3.63) is 0 Å². The summed E-state index contributed by atoms with van der Waals surface area (Å²) in [6, 6.07) is 0. The van der Waals surface area contributed by atoms with Crippen molar-refractivity contribution < 1.29 is 14.6 Å². The van der Waals surface area contributed by atoms with Crippen molar-refractivity contribution in [3.8, 4) is 0 Å². The quantitative estimate of drug-likeness (QED) is 0.143. The highest BCUT2D eigenvalue weighted by molar-refractivity contribution is 7.94. The molecule has 122 valence electrons. The van der Waals surface area contributed by atoms with Crippen LogP contribution in [0.2, 0.25) is 0 Å². The van der Waals surface area contributed by atoms with E-state index in [-0.39, 0.29) is 0 Å². The minimum atomic E-state index is 0.887. The van der Waals surface area contributed by atoms with Crippen molar-refractivity contribution >= 4 is 12.0 Å². The number of hydrogen-bond acceptors (Lipinski definition) is 4. The molecule has 0 rings (SSSR count). The molecule has 0 amide bonds. The Morgan fingerprint density at radius 1 is 0.650 bits per heavy atom. The van der Waals surface area contributed by atoms with Crippen LogP contribution in [0, 0.1) is 0 Å². The Bertz CT molecular complexity index is 150. The summed E-state index contributed by atoms with van der Waals surface area (Å²) >= 11 is 1.17. The van der Waals surface area contributed by atoms with E-state index in [2.05, 4.69) is 16.3 Å². The Balaban J connectivity index is 2.89. The molecule has 0 spiro atoms. The zero-order valence-corrected chi connectivity index (χ0v) is 14.1. The van der Waals surface area contributed by atoms with Gasteiger partial charge in [0.05, 0.1) is 0 Å². The summed E-state index contributed by atoms with van der Waals surface area (Å²) in [5, 5.41) is 11.5. The first-order valence-electron chi connectivity index (χ1n) is 8.51. The molecule has 0 bridgehead atoms. The molecule has 0 saturated carbocycles. The van der Waals surface area contributed by atoms with Crippen LogP contribution in [0.4, 0.5) is 0 Å². The molecule has 3 nitrogen and oxygen atoms in total. The molecule has 0 aromatic carbocycles. The molecule has 1 N–H and O–H groups in total. The van der Waals surface area contributed by atoms with E-state index in [1.165, 1.54) is 95.5 Å². The normalized spacial score (nSPS) is 11.1. The predicted octanol–water partition coefficient (Wildman–Crippen LogP) is 6.54. The molecule has 0 aliphatic carbocycles. The first kappa shape index (κ1) is 20.2. The standard InChI is InChI=1S/C16H34O3S/c1-2-3-4-5-6-7-8-9-10-11-12-13-14-15-16-20-19-18-17/h17H,2-16H2,1H3. The van der Waals surface area contributed by atoms with E-state index in [0.29, 0.717) is 0 Å². The van der Waals surface area contributed by atoms with Crippen LogP contribution in [0.5, 0.6) is 0 Å². The fourth-order valence-electron chi connectivity index (χ4n) is 2.41. The Kier molecular flexibility index (Phi) is 19.5. The first-order chi connectivity index (χ1) is 9.91. The van der Waals surface area contributed by atoms with Gasteiger partial charge in [-0.05, 0) is 6.42 Å². The molecule has 0 radical (unpaired) electrons. The molecule has 0 aliphatic heterocycles. The Labute approximate surface area is 129 Å². The minimum Gasteiger partial charge on any atom is -0.220 e. The third-order valence-corrected chi connectivity index (χ3v) is 4.27. The van der Waals surface area contributed by atoms with E-state index in [4.69, 9.17) is 5.26 Å². The summed E-state index contributed by atoms with van der Waals surface area (Å²) in [6.07, 6.45) is 19.2. The second-order valence-electron chi connectivity index (χ2n) is 5.56. The van der Waals surface area contributed by atoms with Gasteiger partial charge in [0, 0.05) is 17.8 Å². The van der Waals surface area contributed by atoms with Crippen molar-refractivity contribution in [3.63, 3.8) is 0 Å². The van der Waals surface area contributed by atoms with E-state index < -0.39 is 0 Å². The molecule has 0 saturated heterocycles. The molecule has 4 heteroatoms. The van der Waals surface area contributed by atoms with Crippen molar-refractivity contribution in [2.45, 2.75) is 96.8 Å². The van der Waals surface area contributed by atoms with E-state index in [1.807, 2.05) is 0 Å². The van der Waals surface area contributed by atoms with Gasteiger partial charge in [-0.25, -0.2) is 5.26 Å². The van der Waals surface area contributed by atoms with Crippen molar-refractivity contribution in [1.82, 2.24) is 0 Å². The monoisotopic (exact) mass is 306 g/mol. The Morgan fingerprint density at radius 2 is 1.05 bits per heavy atom. The summed E-state index contributed by atoms with van der Waals surface area (Å²) in [5.41, 5.74) is 0. The highest BCUT2D eigenvalue weighted by Crippen LogP contribution is 2.14. The van der Waals surface area contributed by atoms with Crippen molar-refractivity contribution in [1.29, 1.82) is 0 Å². The zero-order valence-electron chi connectivity index (χ0n) is 13.3. The van der Waals surface area contributed by atoms with E-state index in [1.54, 1.807) is 0 Å². The summed E-state index contributed by atoms with van der Waals surface area (Å²) in [4.78, 5) is 0. The fourth-order valence-corrected chi connectivity index (χ4v) is 2.84. The maximum absolute atomic E-state index is 7.94. The molecule has 0 aliphatic rings. The largest absolute Gasteiger partial charge is 0.220 e. The molecule has 0 unspecified atom stereocenters. The maximum Gasteiger partial charge on any atom is 0.0346 e. The lowest BCUT2D eigenvalue weighted by Gasteiger charge is -2.03. The number of unbranched alkanes of at least 4 members (excludes halogenated alkanes) is 13. The fraction of sp³-hybridized carbons (Fsp3) is 1.00. The second-order valence-corrected chi connectivity index (χ2v) is 6.34. The van der Waals surface area contributed by atoms with Gasteiger partial charge >= 0.3 is 0 Å². The molecule has 0 heterocycles. The minimum absolute atomic E-state index is 0.887. The highest BCUT2D eigenvalue weighted by Gasteiger charge is 1.95. The van der Waals surface area contributed by atoms with Gasteiger partial charge in [0.2, 0.25) is 0 Å². The van der Waals surface area contributed by atoms with Gasteiger partial charge in [-0.2, -0.15) is 0 Å². The third-order valence-electron chi connectivity index (χ3n) is 3.66. The second kappa shape index (κ2) is 19.2. The SMILES string of the molecule is CCCCCCCCCCCCCCCCSOOO.